The lowest BCUT2D eigenvalue weighted by Crippen LogP contribution is -2.23. The summed E-state index contributed by atoms with van der Waals surface area (Å²) in [5.41, 5.74) is 2.29. The minimum Gasteiger partial charge on any atom is -0.467 e. The maximum atomic E-state index is 13.1. The standard InChI is InChI=1S/C23H17N3O3S/c27-22-19-10-4-5-11-20(19)25-23(26(22)13-18-9-6-12-28-18)30-15-17-14-29-21(24-17)16-7-2-1-3-8-16/h1-12,14H,13,15H2. The molecule has 0 aliphatic carbocycles. The van der Waals surface area contributed by atoms with Crippen molar-refractivity contribution in [3.8, 4) is 11.5 Å². The lowest BCUT2D eigenvalue weighted by atomic mass is 10.2. The Morgan fingerprint density at radius 3 is 2.57 bits per heavy atom. The number of benzene rings is 2. The van der Waals surface area contributed by atoms with Crippen molar-refractivity contribution in [2.45, 2.75) is 17.5 Å². The van der Waals surface area contributed by atoms with E-state index >= 15 is 0 Å². The highest BCUT2D eigenvalue weighted by Crippen LogP contribution is 2.25. The van der Waals surface area contributed by atoms with Gasteiger partial charge < -0.3 is 8.83 Å². The Kier molecular flexibility index (Phi) is 4.94. The van der Waals surface area contributed by atoms with Crippen LogP contribution in [0.3, 0.4) is 0 Å². The second-order valence-corrected chi connectivity index (χ2v) is 7.62. The molecule has 0 fully saturated rings. The lowest BCUT2D eigenvalue weighted by Gasteiger charge is -2.11. The highest BCUT2D eigenvalue weighted by Gasteiger charge is 2.14. The topological polar surface area (TPSA) is 74.1 Å². The predicted molar refractivity (Wildman–Crippen MR) is 115 cm³/mol. The van der Waals surface area contributed by atoms with Crippen molar-refractivity contribution < 1.29 is 8.83 Å². The van der Waals surface area contributed by atoms with Crippen LogP contribution < -0.4 is 5.56 Å². The maximum absolute atomic E-state index is 13.1. The van der Waals surface area contributed by atoms with Crippen LogP contribution >= 0.6 is 11.8 Å². The van der Waals surface area contributed by atoms with Gasteiger partial charge in [0.1, 0.15) is 12.0 Å². The quantitative estimate of drug-likeness (QED) is 0.287. The molecule has 5 rings (SSSR count). The summed E-state index contributed by atoms with van der Waals surface area (Å²) in [5, 5.41) is 1.19. The Balaban J connectivity index is 1.46. The van der Waals surface area contributed by atoms with Gasteiger partial charge in [0.05, 0.1) is 29.4 Å². The van der Waals surface area contributed by atoms with E-state index in [0.29, 0.717) is 40.0 Å². The number of furan rings is 1. The van der Waals surface area contributed by atoms with E-state index in [-0.39, 0.29) is 5.56 Å². The van der Waals surface area contributed by atoms with E-state index in [4.69, 9.17) is 13.8 Å². The van der Waals surface area contributed by atoms with Gasteiger partial charge >= 0.3 is 0 Å². The molecule has 0 spiro atoms. The van der Waals surface area contributed by atoms with Gasteiger partial charge in [0.15, 0.2) is 5.16 Å². The number of hydrogen-bond donors (Lipinski definition) is 0. The number of rotatable bonds is 6. The molecule has 30 heavy (non-hydrogen) atoms. The molecular weight excluding hydrogens is 398 g/mol. The third kappa shape index (κ3) is 3.67. The lowest BCUT2D eigenvalue weighted by molar-refractivity contribution is 0.476. The second-order valence-electron chi connectivity index (χ2n) is 6.68. The van der Waals surface area contributed by atoms with E-state index in [0.717, 1.165) is 11.3 Å². The first-order valence-electron chi connectivity index (χ1n) is 9.42. The largest absolute Gasteiger partial charge is 0.467 e. The Morgan fingerprint density at radius 1 is 0.900 bits per heavy atom. The Labute approximate surface area is 176 Å². The van der Waals surface area contributed by atoms with Crippen LogP contribution in [0.1, 0.15) is 11.5 Å². The average molecular weight is 415 g/mol. The number of nitrogens with zero attached hydrogens (tertiary/aromatic N) is 3. The van der Waals surface area contributed by atoms with Crippen molar-refractivity contribution in [1.82, 2.24) is 14.5 Å². The Bertz CT molecular complexity index is 1340. The highest BCUT2D eigenvalue weighted by atomic mass is 32.2. The van der Waals surface area contributed by atoms with Gasteiger partial charge in [-0.15, -0.1) is 0 Å². The van der Waals surface area contributed by atoms with Gasteiger partial charge in [-0.05, 0) is 36.4 Å². The summed E-state index contributed by atoms with van der Waals surface area (Å²) in [6.45, 7) is 0.320. The molecule has 0 saturated heterocycles. The molecule has 0 aliphatic heterocycles. The van der Waals surface area contributed by atoms with Gasteiger partial charge in [0, 0.05) is 11.3 Å². The van der Waals surface area contributed by atoms with Crippen LogP contribution in [-0.2, 0) is 12.3 Å². The Hall–Kier alpha value is -3.58. The van der Waals surface area contributed by atoms with Crippen LogP contribution in [0.15, 0.2) is 98.0 Å². The number of aromatic nitrogens is 3. The van der Waals surface area contributed by atoms with Crippen molar-refractivity contribution in [3.05, 3.63) is 101 Å². The molecule has 148 valence electrons. The molecule has 0 amide bonds. The zero-order valence-corrected chi connectivity index (χ0v) is 16.7. The molecule has 0 unspecified atom stereocenters. The second kappa shape index (κ2) is 8.04. The Morgan fingerprint density at radius 2 is 1.73 bits per heavy atom. The first-order chi connectivity index (χ1) is 14.8. The smallest absolute Gasteiger partial charge is 0.262 e. The SMILES string of the molecule is O=c1c2ccccc2nc(SCc2coc(-c3ccccc3)n2)n1Cc1ccco1. The van der Waals surface area contributed by atoms with Gasteiger partial charge in [-0.2, -0.15) is 0 Å². The van der Waals surface area contributed by atoms with Gasteiger partial charge in [-0.25, -0.2) is 9.97 Å². The van der Waals surface area contributed by atoms with Crippen molar-refractivity contribution >= 4 is 22.7 Å². The first kappa shape index (κ1) is 18.4. The van der Waals surface area contributed by atoms with E-state index in [1.54, 1.807) is 23.2 Å². The van der Waals surface area contributed by atoms with Crippen molar-refractivity contribution in [3.63, 3.8) is 0 Å². The third-order valence-corrected chi connectivity index (χ3v) is 5.65. The molecule has 7 heteroatoms. The average Bonchev–Trinajstić information content (AvgIpc) is 3.47. The molecular formula is C23H17N3O3S. The van der Waals surface area contributed by atoms with Crippen molar-refractivity contribution in [2.75, 3.05) is 0 Å². The van der Waals surface area contributed by atoms with Crippen molar-refractivity contribution in [2.24, 2.45) is 0 Å². The van der Waals surface area contributed by atoms with Gasteiger partial charge in [-0.1, -0.05) is 42.1 Å². The van der Waals surface area contributed by atoms with Crippen LogP contribution in [0, 0.1) is 0 Å². The fourth-order valence-electron chi connectivity index (χ4n) is 3.18. The molecule has 5 aromatic rings. The maximum Gasteiger partial charge on any atom is 0.262 e. The molecule has 0 atom stereocenters. The molecule has 0 saturated carbocycles. The zero-order chi connectivity index (χ0) is 20.3. The molecule has 0 radical (unpaired) electrons. The fourth-order valence-corrected chi connectivity index (χ4v) is 4.06. The van der Waals surface area contributed by atoms with Crippen LogP contribution in [-0.4, -0.2) is 14.5 Å². The molecule has 6 nitrogen and oxygen atoms in total. The van der Waals surface area contributed by atoms with E-state index in [9.17, 15) is 4.79 Å². The van der Waals surface area contributed by atoms with Crippen LogP contribution in [0.5, 0.6) is 0 Å². The zero-order valence-electron chi connectivity index (χ0n) is 15.9. The highest BCUT2D eigenvalue weighted by molar-refractivity contribution is 7.98. The molecule has 3 aromatic heterocycles. The van der Waals surface area contributed by atoms with Gasteiger partial charge in [-0.3, -0.25) is 9.36 Å². The summed E-state index contributed by atoms with van der Waals surface area (Å²) >= 11 is 1.45. The fraction of sp³-hybridized carbons (Fsp3) is 0.0870. The van der Waals surface area contributed by atoms with E-state index in [1.165, 1.54) is 11.8 Å². The summed E-state index contributed by atoms with van der Waals surface area (Å²) in [6, 6.07) is 20.8. The summed E-state index contributed by atoms with van der Waals surface area (Å²) in [7, 11) is 0. The minimum atomic E-state index is -0.0929. The first-order valence-corrected chi connectivity index (χ1v) is 10.4. The summed E-state index contributed by atoms with van der Waals surface area (Å²) < 4.78 is 12.7. The number of fused-ring (bicyclic) bond motifs is 1. The summed E-state index contributed by atoms with van der Waals surface area (Å²) in [6.07, 6.45) is 3.24. The van der Waals surface area contributed by atoms with E-state index in [2.05, 4.69) is 4.98 Å². The molecule has 0 aliphatic rings. The van der Waals surface area contributed by atoms with Crippen LogP contribution in [0.25, 0.3) is 22.4 Å². The predicted octanol–water partition coefficient (Wildman–Crippen LogP) is 4.99. The summed E-state index contributed by atoms with van der Waals surface area (Å²) in [4.78, 5) is 22.4. The molecule has 0 bridgehead atoms. The number of hydrogen-bond acceptors (Lipinski definition) is 6. The van der Waals surface area contributed by atoms with Crippen LogP contribution in [0.2, 0.25) is 0 Å². The number of thioether (sulfide) groups is 1. The third-order valence-electron chi connectivity index (χ3n) is 4.64. The number of para-hydroxylation sites is 1. The number of oxazole rings is 1. The van der Waals surface area contributed by atoms with Gasteiger partial charge in [0.25, 0.3) is 5.56 Å². The molecule has 3 heterocycles. The summed E-state index contributed by atoms with van der Waals surface area (Å²) in [5.74, 6) is 1.80. The minimum absolute atomic E-state index is 0.0929. The van der Waals surface area contributed by atoms with E-state index in [1.807, 2.05) is 60.7 Å². The van der Waals surface area contributed by atoms with Gasteiger partial charge in [0.2, 0.25) is 5.89 Å². The molecule has 0 N–H and O–H groups in total. The van der Waals surface area contributed by atoms with Crippen LogP contribution in [0.4, 0.5) is 0 Å². The molecule has 2 aromatic carbocycles. The normalized spacial score (nSPS) is 11.2. The van der Waals surface area contributed by atoms with E-state index < -0.39 is 0 Å². The van der Waals surface area contributed by atoms with Crippen molar-refractivity contribution in [1.29, 1.82) is 0 Å². The monoisotopic (exact) mass is 415 g/mol.